The van der Waals surface area contributed by atoms with Crippen LogP contribution < -0.4 is 5.73 Å². The maximum atomic E-state index is 6.20. The van der Waals surface area contributed by atoms with Crippen molar-refractivity contribution in [3.8, 4) is 0 Å². The number of rotatable bonds is 4. The minimum Gasteiger partial charge on any atom is -0.325 e. The van der Waals surface area contributed by atoms with E-state index in [9.17, 15) is 0 Å². The molecule has 1 unspecified atom stereocenters. The lowest BCUT2D eigenvalue weighted by Crippen LogP contribution is -2.37. The Bertz CT molecular complexity index is 414. The lowest BCUT2D eigenvalue weighted by Gasteiger charge is -2.32. The van der Waals surface area contributed by atoms with Crippen molar-refractivity contribution in [3.05, 3.63) is 34.4 Å². The van der Waals surface area contributed by atoms with Gasteiger partial charge >= 0.3 is 0 Å². The highest BCUT2D eigenvalue weighted by molar-refractivity contribution is 5.38. The van der Waals surface area contributed by atoms with Crippen LogP contribution in [-0.4, -0.2) is 24.5 Å². The fraction of sp³-hybridized carbons (Fsp3) is 0.625. The average molecular weight is 248 g/mol. The molecule has 0 saturated heterocycles. The van der Waals surface area contributed by atoms with Crippen molar-refractivity contribution in [1.82, 2.24) is 4.90 Å². The van der Waals surface area contributed by atoms with Gasteiger partial charge in [-0.05, 0) is 77.4 Å². The molecule has 102 valence electrons. The molecule has 2 heteroatoms. The molecular formula is C16H28N2. The van der Waals surface area contributed by atoms with E-state index >= 15 is 0 Å². The summed E-state index contributed by atoms with van der Waals surface area (Å²) in [7, 11) is 4.26. The Kier molecular flexibility index (Phi) is 4.57. The average Bonchev–Trinajstić information content (AvgIpc) is 2.19. The van der Waals surface area contributed by atoms with Gasteiger partial charge in [0, 0.05) is 11.6 Å². The van der Waals surface area contributed by atoms with Gasteiger partial charge in [-0.2, -0.15) is 0 Å². The fourth-order valence-corrected chi connectivity index (χ4v) is 2.41. The first kappa shape index (κ1) is 15.2. The molecule has 0 amide bonds. The van der Waals surface area contributed by atoms with E-state index in [1.807, 2.05) is 0 Å². The molecule has 2 N–H and O–H groups in total. The molecule has 0 aliphatic carbocycles. The van der Waals surface area contributed by atoms with Crippen molar-refractivity contribution in [2.75, 3.05) is 14.1 Å². The van der Waals surface area contributed by atoms with E-state index in [2.05, 4.69) is 65.7 Å². The second-order valence-electron chi connectivity index (χ2n) is 6.47. The Balaban J connectivity index is 3.18. The zero-order valence-electron chi connectivity index (χ0n) is 13.0. The van der Waals surface area contributed by atoms with Crippen molar-refractivity contribution in [3.63, 3.8) is 0 Å². The summed E-state index contributed by atoms with van der Waals surface area (Å²) in [5.74, 6) is 0. The van der Waals surface area contributed by atoms with Gasteiger partial charge in [0.25, 0.3) is 0 Å². The normalized spacial score (nSPS) is 14.1. The molecule has 1 atom stereocenters. The molecule has 1 aromatic carbocycles. The summed E-state index contributed by atoms with van der Waals surface area (Å²) in [5.41, 5.74) is 11.5. The SMILES string of the molecule is Cc1cc(C)c(C(CC(C)(C)N)N(C)C)cc1C. The predicted octanol–water partition coefficient (Wildman–Crippen LogP) is 3.34. The zero-order valence-corrected chi connectivity index (χ0v) is 13.0. The van der Waals surface area contributed by atoms with Crippen molar-refractivity contribution >= 4 is 0 Å². The molecular weight excluding hydrogens is 220 g/mol. The summed E-state index contributed by atoms with van der Waals surface area (Å²) in [6.07, 6.45) is 0.962. The first-order chi connectivity index (χ1) is 8.11. The molecule has 0 aliphatic heterocycles. The van der Waals surface area contributed by atoms with Gasteiger partial charge in [-0.25, -0.2) is 0 Å². The lowest BCUT2D eigenvalue weighted by molar-refractivity contribution is 0.242. The third kappa shape index (κ3) is 3.82. The van der Waals surface area contributed by atoms with E-state index in [1.54, 1.807) is 0 Å². The number of hydrogen-bond acceptors (Lipinski definition) is 2. The van der Waals surface area contributed by atoms with Crippen LogP contribution in [0, 0.1) is 20.8 Å². The topological polar surface area (TPSA) is 29.3 Å². The molecule has 0 saturated carbocycles. The summed E-state index contributed by atoms with van der Waals surface area (Å²) in [5, 5.41) is 0. The Hall–Kier alpha value is -0.860. The van der Waals surface area contributed by atoms with Crippen molar-refractivity contribution < 1.29 is 0 Å². The van der Waals surface area contributed by atoms with E-state index in [4.69, 9.17) is 5.73 Å². The molecule has 0 heterocycles. The Morgan fingerprint density at radius 3 is 2.00 bits per heavy atom. The second kappa shape index (κ2) is 5.41. The number of nitrogens with zero attached hydrogens (tertiary/aromatic N) is 1. The first-order valence-corrected chi connectivity index (χ1v) is 6.65. The van der Waals surface area contributed by atoms with E-state index in [-0.39, 0.29) is 5.54 Å². The number of nitrogens with two attached hydrogens (primary N) is 1. The van der Waals surface area contributed by atoms with Crippen LogP contribution in [0.15, 0.2) is 12.1 Å². The summed E-state index contributed by atoms with van der Waals surface area (Å²) in [6.45, 7) is 10.7. The quantitative estimate of drug-likeness (QED) is 0.885. The Morgan fingerprint density at radius 2 is 1.56 bits per heavy atom. The smallest absolute Gasteiger partial charge is 0.0362 e. The van der Waals surface area contributed by atoms with Crippen molar-refractivity contribution in [2.24, 2.45) is 5.73 Å². The molecule has 0 spiro atoms. The van der Waals surface area contributed by atoms with Crippen molar-refractivity contribution in [1.29, 1.82) is 0 Å². The molecule has 18 heavy (non-hydrogen) atoms. The second-order valence-corrected chi connectivity index (χ2v) is 6.47. The van der Waals surface area contributed by atoms with Gasteiger partial charge in [0.2, 0.25) is 0 Å². The summed E-state index contributed by atoms with van der Waals surface area (Å²) in [4.78, 5) is 2.27. The van der Waals surface area contributed by atoms with Crippen LogP contribution in [0.1, 0.15) is 48.6 Å². The maximum Gasteiger partial charge on any atom is 0.0362 e. The van der Waals surface area contributed by atoms with Crippen molar-refractivity contribution in [2.45, 2.75) is 52.6 Å². The minimum absolute atomic E-state index is 0.153. The van der Waals surface area contributed by atoms with Crippen LogP contribution in [0.25, 0.3) is 0 Å². The highest BCUT2D eigenvalue weighted by Crippen LogP contribution is 2.30. The van der Waals surface area contributed by atoms with E-state index in [0.717, 1.165) is 6.42 Å². The lowest BCUT2D eigenvalue weighted by atomic mass is 9.87. The van der Waals surface area contributed by atoms with Gasteiger partial charge in [0.1, 0.15) is 0 Å². The fourth-order valence-electron chi connectivity index (χ4n) is 2.41. The van der Waals surface area contributed by atoms with Crippen LogP contribution in [0.2, 0.25) is 0 Å². The number of aryl methyl sites for hydroxylation is 3. The van der Waals surface area contributed by atoms with Gasteiger partial charge < -0.3 is 10.6 Å². The van der Waals surface area contributed by atoms with E-state index in [0.29, 0.717) is 6.04 Å². The third-order valence-electron chi connectivity index (χ3n) is 3.58. The van der Waals surface area contributed by atoms with Gasteiger partial charge in [-0.3, -0.25) is 0 Å². The van der Waals surface area contributed by atoms with Crippen LogP contribution in [-0.2, 0) is 0 Å². The van der Waals surface area contributed by atoms with E-state index < -0.39 is 0 Å². The van der Waals surface area contributed by atoms with Gasteiger partial charge in [0.15, 0.2) is 0 Å². The van der Waals surface area contributed by atoms with Crippen LogP contribution in [0.4, 0.5) is 0 Å². The molecule has 0 radical (unpaired) electrons. The zero-order chi connectivity index (χ0) is 14.1. The summed E-state index contributed by atoms with van der Waals surface area (Å²) < 4.78 is 0. The molecule has 2 nitrogen and oxygen atoms in total. The highest BCUT2D eigenvalue weighted by atomic mass is 15.1. The maximum absolute atomic E-state index is 6.20. The molecule has 1 aromatic rings. The van der Waals surface area contributed by atoms with E-state index in [1.165, 1.54) is 22.3 Å². The molecule has 0 fully saturated rings. The summed E-state index contributed by atoms with van der Waals surface area (Å²) in [6, 6.07) is 4.98. The molecule has 0 aromatic heterocycles. The van der Waals surface area contributed by atoms with Gasteiger partial charge in [-0.15, -0.1) is 0 Å². The van der Waals surface area contributed by atoms with Gasteiger partial charge in [0.05, 0.1) is 0 Å². The number of benzene rings is 1. The molecule has 0 aliphatic rings. The minimum atomic E-state index is -0.153. The van der Waals surface area contributed by atoms with Crippen LogP contribution in [0.3, 0.4) is 0 Å². The van der Waals surface area contributed by atoms with Gasteiger partial charge in [-0.1, -0.05) is 12.1 Å². The Morgan fingerprint density at radius 1 is 1.06 bits per heavy atom. The largest absolute Gasteiger partial charge is 0.325 e. The third-order valence-corrected chi connectivity index (χ3v) is 3.58. The Labute approximate surface area is 112 Å². The molecule has 1 rings (SSSR count). The predicted molar refractivity (Wildman–Crippen MR) is 80.0 cm³/mol. The van der Waals surface area contributed by atoms with Crippen LogP contribution >= 0.6 is 0 Å². The summed E-state index contributed by atoms with van der Waals surface area (Å²) >= 11 is 0. The standard InChI is InChI=1S/C16H28N2/c1-11-8-13(3)14(9-12(11)2)15(18(6)7)10-16(4,5)17/h8-9,15H,10,17H2,1-7H3. The molecule has 0 bridgehead atoms. The first-order valence-electron chi connectivity index (χ1n) is 6.65. The van der Waals surface area contributed by atoms with Crippen LogP contribution in [0.5, 0.6) is 0 Å². The number of hydrogen-bond donors (Lipinski definition) is 1. The monoisotopic (exact) mass is 248 g/mol. The highest BCUT2D eigenvalue weighted by Gasteiger charge is 2.23.